The topological polar surface area (TPSA) is 30.3 Å². The molecule has 0 fully saturated rings. The fourth-order valence-corrected chi connectivity index (χ4v) is 19.7. The van der Waals surface area contributed by atoms with Gasteiger partial charge in [-0.15, -0.1) is 11.1 Å². The lowest BCUT2D eigenvalue weighted by atomic mass is 9.91. The summed E-state index contributed by atoms with van der Waals surface area (Å²) in [6, 6.07) is 13.5. The molecule has 1 heterocycles. The Morgan fingerprint density at radius 3 is 1.41 bits per heavy atom. The third-order valence-corrected chi connectivity index (χ3v) is 24.3. The Kier molecular flexibility index (Phi) is 12.2. The van der Waals surface area contributed by atoms with Crippen molar-refractivity contribution in [2.45, 2.75) is 137 Å². The molecular weight excluding hydrogens is 631 g/mol. The zero-order valence-corrected chi connectivity index (χ0v) is 35.3. The monoisotopic (exact) mass is 693 g/mol. The molecule has 4 aromatic rings. The average molecular weight is 694 g/mol. The zero-order chi connectivity index (χ0) is 36.4. The van der Waals surface area contributed by atoms with E-state index in [1.54, 1.807) is 7.11 Å². The van der Waals surface area contributed by atoms with E-state index < -0.39 is 16.1 Å². The van der Waals surface area contributed by atoms with Crippen molar-refractivity contribution in [2.75, 3.05) is 25.2 Å². The number of methoxy groups -OCH3 is 1. The molecule has 0 aliphatic heterocycles. The van der Waals surface area contributed by atoms with Crippen LogP contribution in [0.25, 0.3) is 32.4 Å². The Balaban J connectivity index is 2.28. The van der Waals surface area contributed by atoms with Crippen LogP contribution in [-0.2, 0) is 11.3 Å². The average Bonchev–Trinajstić information content (AvgIpc) is 3.37. The first-order chi connectivity index (χ1) is 23.1. The standard InChI is InChI=1S/C43H63N3OSi2/c1-16-45(17-2)46-43(28-47-15)41-26-39-37(22-24-48(29(3)4,30(5)6)31(7)8)35-20-18-19-21-36(35)38(40(39)27-42(41)44-46)23-25-49(32(9)10,33(11)12)34(13)14/h18-21,26-27,29-34H,16-17,28H2,1-15H3. The summed E-state index contributed by atoms with van der Waals surface area (Å²) >= 11 is 0. The van der Waals surface area contributed by atoms with Crippen molar-refractivity contribution in [1.82, 2.24) is 9.89 Å². The van der Waals surface area contributed by atoms with Crippen LogP contribution in [0.5, 0.6) is 0 Å². The van der Waals surface area contributed by atoms with Crippen LogP contribution in [0, 0.1) is 22.9 Å². The number of hydrogen-bond acceptors (Lipinski definition) is 3. The number of rotatable bonds is 11. The molecule has 0 spiro atoms. The molecular formula is C43H63N3OSi2. The Hall–Kier alpha value is -3.04. The van der Waals surface area contributed by atoms with Gasteiger partial charge in [0.05, 0.1) is 17.8 Å². The second-order valence-corrected chi connectivity index (χ2v) is 27.1. The fraction of sp³-hybridized carbons (Fsp3) is 0.558. The van der Waals surface area contributed by atoms with Crippen LogP contribution >= 0.6 is 0 Å². The summed E-state index contributed by atoms with van der Waals surface area (Å²) in [5, 5.41) is 13.3. The number of fused-ring (bicyclic) bond motifs is 3. The molecule has 49 heavy (non-hydrogen) atoms. The van der Waals surface area contributed by atoms with Gasteiger partial charge in [-0.1, -0.05) is 119 Å². The predicted octanol–water partition coefficient (Wildman–Crippen LogP) is 11.6. The Bertz CT molecular complexity index is 1860. The van der Waals surface area contributed by atoms with Crippen LogP contribution in [0.1, 0.15) is 114 Å². The molecule has 0 aliphatic rings. The maximum absolute atomic E-state index is 5.80. The molecule has 0 saturated carbocycles. The van der Waals surface area contributed by atoms with Gasteiger partial charge in [0.2, 0.25) is 0 Å². The first-order valence-corrected chi connectivity index (χ1v) is 23.3. The van der Waals surface area contributed by atoms with Gasteiger partial charge in [-0.3, -0.25) is 5.01 Å². The van der Waals surface area contributed by atoms with Gasteiger partial charge in [0, 0.05) is 47.5 Å². The third-order valence-electron chi connectivity index (χ3n) is 11.7. The summed E-state index contributed by atoms with van der Waals surface area (Å²) in [5.41, 5.74) is 15.8. The van der Waals surface area contributed by atoms with Gasteiger partial charge >= 0.3 is 0 Å². The first kappa shape index (κ1) is 38.8. The van der Waals surface area contributed by atoms with Gasteiger partial charge in [-0.05, 0) is 70.0 Å². The SMILES string of the molecule is CCN(CC)n1nc2cc3c(C#C[Si](C(C)C)(C(C)C)C(C)C)c4ccccc4c(C#C[Si](C(C)C)(C(C)C)C(C)C)c3cc2c1COC. The van der Waals surface area contributed by atoms with Gasteiger partial charge in [0.1, 0.15) is 16.1 Å². The molecule has 0 aliphatic carbocycles. The minimum atomic E-state index is -2.00. The molecule has 4 rings (SSSR count). The van der Waals surface area contributed by atoms with Gasteiger partial charge in [-0.2, -0.15) is 9.89 Å². The molecule has 0 radical (unpaired) electrons. The van der Waals surface area contributed by atoms with E-state index in [0.29, 0.717) is 39.9 Å². The molecule has 0 atom stereocenters. The Morgan fingerprint density at radius 1 is 0.633 bits per heavy atom. The number of nitrogens with zero attached hydrogens (tertiary/aromatic N) is 3. The minimum Gasteiger partial charge on any atom is -0.378 e. The highest BCUT2D eigenvalue weighted by molar-refractivity contribution is 6.91. The summed E-state index contributed by atoms with van der Waals surface area (Å²) in [6.45, 7) is 35.3. The van der Waals surface area contributed by atoms with E-state index in [4.69, 9.17) is 9.84 Å². The van der Waals surface area contributed by atoms with Crippen LogP contribution in [0.3, 0.4) is 0 Å². The lowest BCUT2D eigenvalue weighted by molar-refractivity contribution is 0.177. The van der Waals surface area contributed by atoms with Crippen molar-refractivity contribution in [3.05, 3.63) is 53.2 Å². The summed E-state index contributed by atoms with van der Waals surface area (Å²) in [7, 11) is -2.23. The second kappa shape index (κ2) is 15.5. The van der Waals surface area contributed by atoms with Crippen LogP contribution in [0.4, 0.5) is 0 Å². The highest BCUT2D eigenvalue weighted by atomic mass is 28.3. The Morgan fingerprint density at radius 2 is 1.04 bits per heavy atom. The number of hydrogen-bond donors (Lipinski definition) is 0. The van der Waals surface area contributed by atoms with Crippen molar-refractivity contribution < 1.29 is 4.74 Å². The molecule has 3 aromatic carbocycles. The van der Waals surface area contributed by atoms with Gasteiger partial charge < -0.3 is 4.74 Å². The van der Waals surface area contributed by atoms with Crippen LogP contribution < -0.4 is 5.01 Å². The normalized spacial score (nSPS) is 12.7. The van der Waals surface area contributed by atoms with E-state index in [-0.39, 0.29) is 0 Å². The summed E-state index contributed by atoms with van der Waals surface area (Å²) in [4.78, 5) is 2.08. The highest BCUT2D eigenvalue weighted by Crippen LogP contribution is 2.43. The van der Waals surface area contributed by atoms with Crippen LogP contribution in [0.15, 0.2) is 36.4 Å². The molecule has 0 unspecified atom stereocenters. The number of benzene rings is 3. The Labute approximate surface area is 300 Å². The zero-order valence-electron chi connectivity index (χ0n) is 33.3. The minimum absolute atomic E-state index is 0.481. The molecule has 6 heteroatoms. The maximum atomic E-state index is 5.80. The quantitative estimate of drug-likeness (QED) is 0.0890. The van der Waals surface area contributed by atoms with E-state index in [1.165, 1.54) is 16.2 Å². The number of ether oxygens (including phenoxy) is 1. The molecule has 0 N–H and O–H groups in total. The highest BCUT2D eigenvalue weighted by Gasteiger charge is 2.43. The van der Waals surface area contributed by atoms with Crippen molar-refractivity contribution >= 4 is 48.6 Å². The van der Waals surface area contributed by atoms with E-state index in [1.807, 2.05) is 0 Å². The second-order valence-electron chi connectivity index (χ2n) is 15.9. The summed E-state index contributed by atoms with van der Waals surface area (Å²) in [6.07, 6.45) is 0. The fourth-order valence-electron chi connectivity index (χ4n) is 9.27. The van der Waals surface area contributed by atoms with Crippen molar-refractivity contribution in [3.8, 4) is 22.9 Å². The van der Waals surface area contributed by atoms with Gasteiger partial charge in [-0.25, -0.2) is 0 Å². The van der Waals surface area contributed by atoms with Crippen LogP contribution in [-0.4, -0.2) is 46.2 Å². The lowest BCUT2D eigenvalue weighted by Gasteiger charge is -2.38. The first-order valence-electron chi connectivity index (χ1n) is 18.8. The molecule has 4 nitrogen and oxygen atoms in total. The molecule has 0 bridgehead atoms. The number of aromatic nitrogens is 2. The van der Waals surface area contributed by atoms with Gasteiger partial charge in [0.25, 0.3) is 0 Å². The summed E-state index contributed by atoms with van der Waals surface area (Å²) in [5.74, 6) is 7.87. The van der Waals surface area contributed by atoms with E-state index in [2.05, 4.69) is 166 Å². The molecule has 1 aromatic heterocycles. The van der Waals surface area contributed by atoms with E-state index in [9.17, 15) is 0 Å². The maximum Gasteiger partial charge on any atom is 0.146 e. The van der Waals surface area contributed by atoms with E-state index >= 15 is 0 Å². The smallest absolute Gasteiger partial charge is 0.146 e. The predicted molar refractivity (Wildman–Crippen MR) is 221 cm³/mol. The van der Waals surface area contributed by atoms with Crippen molar-refractivity contribution in [1.29, 1.82) is 0 Å². The molecule has 264 valence electrons. The third kappa shape index (κ3) is 6.74. The molecule has 0 amide bonds. The largest absolute Gasteiger partial charge is 0.378 e. The van der Waals surface area contributed by atoms with Crippen LogP contribution in [0.2, 0.25) is 33.2 Å². The van der Waals surface area contributed by atoms with Crippen molar-refractivity contribution in [3.63, 3.8) is 0 Å². The van der Waals surface area contributed by atoms with Crippen molar-refractivity contribution in [2.24, 2.45) is 0 Å². The van der Waals surface area contributed by atoms with Gasteiger partial charge in [0.15, 0.2) is 0 Å². The summed E-state index contributed by atoms with van der Waals surface area (Å²) < 4.78 is 5.80. The lowest BCUT2D eigenvalue weighted by Crippen LogP contribution is -2.43. The van der Waals surface area contributed by atoms with E-state index in [0.717, 1.165) is 46.2 Å². The molecule has 0 saturated heterocycles.